The number of hydrogen-bond donors (Lipinski definition) is 0. The number of aryl methyl sites for hydroxylation is 1. The van der Waals surface area contributed by atoms with E-state index in [0.717, 1.165) is 22.5 Å². The van der Waals surface area contributed by atoms with Gasteiger partial charge in [0.25, 0.3) is 0 Å². The molecule has 2 aromatic heterocycles. The smallest absolute Gasteiger partial charge is 0.336 e. The highest BCUT2D eigenvalue weighted by atomic mass is 35.5. The highest BCUT2D eigenvalue weighted by Gasteiger charge is 2.11. The number of halogens is 2. The van der Waals surface area contributed by atoms with Crippen molar-refractivity contribution in [3.8, 4) is 5.75 Å². The van der Waals surface area contributed by atoms with E-state index < -0.39 is 5.63 Å². The maximum Gasteiger partial charge on any atom is 0.336 e. The van der Waals surface area contributed by atoms with E-state index >= 15 is 0 Å². The third kappa shape index (κ3) is 2.88. The molecule has 0 N–H and O–H groups in total. The molecule has 0 saturated heterocycles. The van der Waals surface area contributed by atoms with Crippen molar-refractivity contribution < 1.29 is 9.15 Å². The molecule has 0 radical (unpaired) electrons. The van der Waals surface area contributed by atoms with Gasteiger partial charge in [0, 0.05) is 29.1 Å². The molecule has 0 amide bonds. The van der Waals surface area contributed by atoms with E-state index in [4.69, 9.17) is 32.4 Å². The third-order valence-corrected chi connectivity index (χ3v) is 4.16. The fourth-order valence-corrected chi connectivity index (χ4v) is 2.68. The molecule has 0 unspecified atom stereocenters. The lowest BCUT2D eigenvalue weighted by atomic mass is 10.1. The van der Waals surface area contributed by atoms with Crippen LogP contribution in [0.25, 0.3) is 11.0 Å². The van der Waals surface area contributed by atoms with E-state index in [-0.39, 0.29) is 6.61 Å². The maximum atomic E-state index is 11.4. The molecule has 0 aliphatic heterocycles. The number of fused-ring (bicyclic) bond motifs is 1. The zero-order valence-corrected chi connectivity index (χ0v) is 13.1. The molecule has 3 rings (SSSR count). The standard InChI is InChI=1S/C13H8Cl2N2O3S/c1-6-2-12(18)20-10-4-11(8(14)3-7(6)10)19-5-9-13(15)21-17-16-9/h2-4H,5H2,1H3. The molecule has 0 saturated carbocycles. The van der Waals surface area contributed by atoms with E-state index in [1.165, 1.54) is 6.07 Å². The van der Waals surface area contributed by atoms with E-state index in [9.17, 15) is 4.79 Å². The summed E-state index contributed by atoms with van der Waals surface area (Å²) in [6, 6.07) is 4.70. The highest BCUT2D eigenvalue weighted by Crippen LogP contribution is 2.32. The minimum Gasteiger partial charge on any atom is -0.485 e. The van der Waals surface area contributed by atoms with Crippen LogP contribution in [0.3, 0.4) is 0 Å². The van der Waals surface area contributed by atoms with Crippen LogP contribution >= 0.6 is 34.7 Å². The number of hydrogen-bond acceptors (Lipinski definition) is 6. The Morgan fingerprint density at radius 3 is 2.86 bits per heavy atom. The Kier molecular flexibility index (Phi) is 3.84. The average molecular weight is 343 g/mol. The molecular formula is C13H8Cl2N2O3S. The van der Waals surface area contributed by atoms with Crippen molar-refractivity contribution in [2.45, 2.75) is 13.5 Å². The van der Waals surface area contributed by atoms with Gasteiger partial charge in [0.15, 0.2) is 0 Å². The molecule has 1 aromatic carbocycles. The van der Waals surface area contributed by atoms with Crippen LogP contribution in [-0.4, -0.2) is 9.59 Å². The fourth-order valence-electron chi connectivity index (χ4n) is 1.86. The summed E-state index contributed by atoms with van der Waals surface area (Å²) >= 11 is 13.2. The summed E-state index contributed by atoms with van der Waals surface area (Å²) in [5.41, 5.74) is 1.33. The molecule has 0 atom stereocenters. The number of rotatable bonds is 3. The zero-order valence-electron chi connectivity index (χ0n) is 10.7. The van der Waals surface area contributed by atoms with Gasteiger partial charge in [0.1, 0.15) is 28.0 Å². The summed E-state index contributed by atoms with van der Waals surface area (Å²) in [4.78, 5) is 11.4. The van der Waals surface area contributed by atoms with Gasteiger partial charge in [-0.1, -0.05) is 27.7 Å². The van der Waals surface area contributed by atoms with Crippen LogP contribution in [0.1, 0.15) is 11.3 Å². The first-order chi connectivity index (χ1) is 10.0. The molecule has 0 spiro atoms. The lowest BCUT2D eigenvalue weighted by molar-refractivity contribution is 0.301. The van der Waals surface area contributed by atoms with Crippen molar-refractivity contribution in [3.05, 3.63) is 49.2 Å². The minimum absolute atomic E-state index is 0.136. The first kappa shape index (κ1) is 14.3. The largest absolute Gasteiger partial charge is 0.485 e. The van der Waals surface area contributed by atoms with Crippen LogP contribution in [0.5, 0.6) is 5.75 Å². The molecular weight excluding hydrogens is 335 g/mol. The SMILES string of the molecule is Cc1cc(=O)oc2cc(OCc3nnsc3Cl)c(Cl)cc12. The molecule has 0 aliphatic rings. The van der Waals surface area contributed by atoms with Gasteiger partial charge >= 0.3 is 5.63 Å². The van der Waals surface area contributed by atoms with E-state index in [0.29, 0.717) is 26.4 Å². The Bertz CT molecular complexity index is 875. The number of ether oxygens (including phenoxy) is 1. The van der Waals surface area contributed by atoms with Crippen LogP contribution in [0.4, 0.5) is 0 Å². The quantitative estimate of drug-likeness (QED) is 0.676. The molecule has 2 heterocycles. The second-order valence-electron chi connectivity index (χ2n) is 4.31. The predicted molar refractivity (Wildman–Crippen MR) is 81.5 cm³/mol. The summed E-state index contributed by atoms with van der Waals surface area (Å²) in [5, 5.41) is 5.03. The van der Waals surface area contributed by atoms with Crippen molar-refractivity contribution in [3.63, 3.8) is 0 Å². The highest BCUT2D eigenvalue weighted by molar-refractivity contribution is 7.10. The van der Waals surface area contributed by atoms with Crippen molar-refractivity contribution in [1.29, 1.82) is 0 Å². The molecule has 108 valence electrons. The Labute approximate surface area is 133 Å². The van der Waals surface area contributed by atoms with Crippen LogP contribution in [0.2, 0.25) is 9.36 Å². The van der Waals surface area contributed by atoms with Gasteiger partial charge in [0.05, 0.1) is 5.02 Å². The molecule has 5 nitrogen and oxygen atoms in total. The summed E-state index contributed by atoms with van der Waals surface area (Å²) in [7, 11) is 0. The number of nitrogens with zero attached hydrogens (tertiary/aromatic N) is 2. The van der Waals surface area contributed by atoms with Gasteiger partial charge in [-0.3, -0.25) is 0 Å². The van der Waals surface area contributed by atoms with Crippen molar-refractivity contribution in [1.82, 2.24) is 9.59 Å². The topological polar surface area (TPSA) is 65.2 Å². The van der Waals surface area contributed by atoms with Crippen LogP contribution in [0, 0.1) is 6.92 Å². The van der Waals surface area contributed by atoms with E-state index in [1.807, 2.05) is 6.92 Å². The second-order valence-corrected chi connectivity index (χ2v) is 6.07. The summed E-state index contributed by atoms with van der Waals surface area (Å²) in [6.07, 6.45) is 0. The molecule has 21 heavy (non-hydrogen) atoms. The van der Waals surface area contributed by atoms with Crippen LogP contribution in [0.15, 0.2) is 27.4 Å². The van der Waals surface area contributed by atoms with Gasteiger partial charge in [-0.15, -0.1) is 5.10 Å². The van der Waals surface area contributed by atoms with Gasteiger partial charge in [0.2, 0.25) is 0 Å². The Morgan fingerprint density at radius 1 is 1.33 bits per heavy atom. The normalized spacial score (nSPS) is 11.0. The molecule has 0 bridgehead atoms. The van der Waals surface area contributed by atoms with Crippen molar-refractivity contribution in [2.24, 2.45) is 0 Å². The monoisotopic (exact) mass is 342 g/mol. The number of benzene rings is 1. The van der Waals surface area contributed by atoms with E-state index in [2.05, 4.69) is 9.59 Å². The molecule has 8 heteroatoms. The lowest BCUT2D eigenvalue weighted by Crippen LogP contribution is -2.00. The van der Waals surface area contributed by atoms with E-state index in [1.54, 1.807) is 12.1 Å². The van der Waals surface area contributed by atoms with Gasteiger partial charge in [-0.25, -0.2) is 4.79 Å². The van der Waals surface area contributed by atoms with Gasteiger partial charge in [-0.2, -0.15) is 0 Å². The fraction of sp³-hybridized carbons (Fsp3) is 0.154. The van der Waals surface area contributed by atoms with Crippen LogP contribution < -0.4 is 10.4 Å². The third-order valence-electron chi connectivity index (χ3n) is 2.88. The van der Waals surface area contributed by atoms with Crippen molar-refractivity contribution in [2.75, 3.05) is 0 Å². The second kappa shape index (κ2) is 5.63. The summed E-state index contributed by atoms with van der Waals surface area (Å²) < 4.78 is 14.9. The Morgan fingerprint density at radius 2 is 2.14 bits per heavy atom. The van der Waals surface area contributed by atoms with Gasteiger partial charge in [-0.05, 0) is 18.6 Å². The lowest BCUT2D eigenvalue weighted by Gasteiger charge is -2.08. The molecule has 0 aliphatic carbocycles. The maximum absolute atomic E-state index is 11.4. The summed E-state index contributed by atoms with van der Waals surface area (Å²) in [5.74, 6) is 0.391. The Hall–Kier alpha value is -1.63. The van der Waals surface area contributed by atoms with Gasteiger partial charge < -0.3 is 9.15 Å². The average Bonchev–Trinajstić information content (AvgIpc) is 2.83. The molecule has 0 fully saturated rings. The first-order valence-electron chi connectivity index (χ1n) is 5.88. The first-order valence-corrected chi connectivity index (χ1v) is 7.41. The Balaban J connectivity index is 1.97. The number of aromatic nitrogens is 2. The minimum atomic E-state index is -0.417. The van der Waals surface area contributed by atoms with Crippen LogP contribution in [-0.2, 0) is 6.61 Å². The summed E-state index contributed by atoms with van der Waals surface area (Å²) in [6.45, 7) is 1.95. The van der Waals surface area contributed by atoms with Crippen molar-refractivity contribution >= 4 is 45.7 Å². The zero-order chi connectivity index (χ0) is 15.0. The predicted octanol–water partition coefficient (Wildman–Crippen LogP) is 3.84. The molecule has 3 aromatic rings.